The summed E-state index contributed by atoms with van der Waals surface area (Å²) in [6, 6.07) is 20.4. The molecular weight excluding hydrogens is 384 g/mol. The Balaban J connectivity index is 1.75. The van der Waals surface area contributed by atoms with Crippen molar-refractivity contribution in [1.29, 1.82) is 0 Å². The largest absolute Gasteiger partial charge is 0.438 e. The number of hydrogen-bond donors (Lipinski definition) is 1. The van der Waals surface area contributed by atoms with E-state index in [0.717, 1.165) is 0 Å². The molecule has 0 spiro atoms. The fourth-order valence-electron chi connectivity index (χ4n) is 2.93. The number of amides is 1. The molecule has 1 amide bonds. The molecule has 1 N–H and O–H groups in total. The van der Waals surface area contributed by atoms with E-state index in [-0.39, 0.29) is 11.6 Å². The lowest BCUT2D eigenvalue weighted by Crippen LogP contribution is -2.05. The molecule has 4 aromatic rings. The molecule has 0 saturated heterocycles. The zero-order valence-electron chi connectivity index (χ0n) is 15.9. The number of anilines is 1. The van der Waals surface area contributed by atoms with Crippen LogP contribution in [-0.2, 0) is 4.79 Å². The molecule has 8 nitrogen and oxygen atoms in total. The van der Waals surface area contributed by atoms with Crippen molar-refractivity contribution in [1.82, 2.24) is 9.97 Å². The third kappa shape index (κ3) is 4.07. The van der Waals surface area contributed by atoms with Gasteiger partial charge in [-0.3, -0.25) is 14.9 Å². The van der Waals surface area contributed by atoms with Crippen LogP contribution < -0.4 is 10.1 Å². The Morgan fingerprint density at radius 2 is 1.77 bits per heavy atom. The minimum atomic E-state index is -0.460. The third-order valence-corrected chi connectivity index (χ3v) is 4.27. The van der Waals surface area contributed by atoms with E-state index in [1.54, 1.807) is 36.4 Å². The van der Waals surface area contributed by atoms with Crippen LogP contribution in [0.4, 0.5) is 11.4 Å². The Hall–Kier alpha value is -4.33. The maximum Gasteiger partial charge on any atom is 0.270 e. The van der Waals surface area contributed by atoms with Gasteiger partial charge in [-0.2, -0.15) is 4.98 Å². The highest BCUT2D eigenvalue weighted by Gasteiger charge is 2.14. The van der Waals surface area contributed by atoms with Gasteiger partial charge in [0.05, 0.1) is 15.8 Å². The predicted octanol–water partition coefficient (Wildman–Crippen LogP) is 4.96. The van der Waals surface area contributed by atoms with Crippen LogP contribution in [0.15, 0.2) is 72.8 Å². The number of hydrogen-bond acceptors (Lipinski definition) is 6. The number of carbonyl (C=O) groups is 1. The van der Waals surface area contributed by atoms with E-state index in [2.05, 4.69) is 15.3 Å². The van der Waals surface area contributed by atoms with Crippen molar-refractivity contribution in [3.05, 3.63) is 82.9 Å². The lowest BCUT2D eigenvalue weighted by Gasteiger charge is -2.11. The van der Waals surface area contributed by atoms with E-state index in [4.69, 9.17) is 4.74 Å². The molecule has 3 aromatic carbocycles. The Bertz CT molecular complexity index is 1260. The van der Waals surface area contributed by atoms with Gasteiger partial charge in [0.25, 0.3) is 5.69 Å². The molecule has 0 aliphatic heterocycles. The Morgan fingerprint density at radius 1 is 1.00 bits per heavy atom. The number of fused-ring (bicyclic) bond motifs is 1. The Kier molecular flexibility index (Phi) is 5.04. The van der Waals surface area contributed by atoms with Crippen molar-refractivity contribution in [3.8, 4) is 23.0 Å². The van der Waals surface area contributed by atoms with Gasteiger partial charge in [0.1, 0.15) is 5.75 Å². The van der Waals surface area contributed by atoms with Crippen LogP contribution in [0.2, 0.25) is 0 Å². The summed E-state index contributed by atoms with van der Waals surface area (Å²) in [5.74, 6) is 1.02. The first kappa shape index (κ1) is 19.0. The van der Waals surface area contributed by atoms with E-state index >= 15 is 0 Å². The summed E-state index contributed by atoms with van der Waals surface area (Å²) in [5.41, 5.74) is 1.78. The summed E-state index contributed by atoms with van der Waals surface area (Å²) < 4.78 is 5.99. The second-order valence-electron chi connectivity index (χ2n) is 6.48. The average molecular weight is 400 g/mol. The maximum atomic E-state index is 11.2. The molecule has 0 fully saturated rings. The first-order valence-electron chi connectivity index (χ1n) is 9.07. The molecule has 1 heterocycles. The highest BCUT2D eigenvalue weighted by atomic mass is 16.6. The number of para-hydroxylation sites is 1. The van der Waals surface area contributed by atoms with E-state index in [1.165, 1.54) is 19.1 Å². The minimum Gasteiger partial charge on any atom is -0.438 e. The van der Waals surface area contributed by atoms with Crippen molar-refractivity contribution in [2.45, 2.75) is 6.92 Å². The topological polar surface area (TPSA) is 107 Å². The van der Waals surface area contributed by atoms with Gasteiger partial charge in [0.2, 0.25) is 11.8 Å². The molecule has 0 aliphatic carbocycles. The number of aromatic nitrogens is 2. The zero-order chi connectivity index (χ0) is 21.1. The summed E-state index contributed by atoms with van der Waals surface area (Å²) in [4.78, 5) is 30.9. The highest BCUT2D eigenvalue weighted by molar-refractivity contribution is 5.88. The van der Waals surface area contributed by atoms with Crippen molar-refractivity contribution in [3.63, 3.8) is 0 Å². The molecular formula is C22H16N4O4. The van der Waals surface area contributed by atoms with E-state index in [0.29, 0.717) is 39.6 Å². The van der Waals surface area contributed by atoms with Crippen molar-refractivity contribution >= 4 is 28.2 Å². The lowest BCUT2D eigenvalue weighted by atomic mass is 10.1. The monoisotopic (exact) mass is 400 g/mol. The van der Waals surface area contributed by atoms with E-state index in [1.807, 2.05) is 24.3 Å². The SMILES string of the molecule is CC(=O)Nc1ccc(Oc2nc(-c3cccc([N+](=O)[O-])c3)nc3ccccc23)cc1. The van der Waals surface area contributed by atoms with E-state index in [9.17, 15) is 14.9 Å². The van der Waals surface area contributed by atoms with Crippen molar-refractivity contribution < 1.29 is 14.5 Å². The van der Waals surface area contributed by atoms with Crippen LogP contribution in [0.25, 0.3) is 22.3 Å². The number of nitro groups is 1. The van der Waals surface area contributed by atoms with Gasteiger partial charge in [0.15, 0.2) is 5.82 Å². The first-order valence-corrected chi connectivity index (χ1v) is 9.07. The molecule has 30 heavy (non-hydrogen) atoms. The molecule has 8 heteroatoms. The van der Waals surface area contributed by atoms with Crippen molar-refractivity contribution in [2.75, 3.05) is 5.32 Å². The molecule has 0 radical (unpaired) electrons. The van der Waals surface area contributed by atoms with Gasteiger partial charge >= 0.3 is 0 Å². The second kappa shape index (κ2) is 7.96. The number of non-ortho nitro benzene ring substituents is 1. The Labute approximate surface area is 171 Å². The number of nitro benzene ring substituents is 1. The summed E-state index contributed by atoms with van der Waals surface area (Å²) in [6.07, 6.45) is 0. The van der Waals surface area contributed by atoms with Crippen LogP contribution in [0.1, 0.15) is 6.92 Å². The van der Waals surface area contributed by atoms with E-state index < -0.39 is 4.92 Å². The average Bonchev–Trinajstić information content (AvgIpc) is 2.75. The summed E-state index contributed by atoms with van der Waals surface area (Å²) >= 11 is 0. The number of rotatable bonds is 5. The van der Waals surface area contributed by atoms with Crippen LogP contribution >= 0.6 is 0 Å². The smallest absolute Gasteiger partial charge is 0.270 e. The third-order valence-electron chi connectivity index (χ3n) is 4.27. The number of nitrogens with zero attached hydrogens (tertiary/aromatic N) is 3. The molecule has 1 aromatic heterocycles. The van der Waals surface area contributed by atoms with Crippen LogP contribution in [0.3, 0.4) is 0 Å². The number of carbonyl (C=O) groups excluding carboxylic acids is 1. The standard InChI is InChI=1S/C22H16N4O4/c1-14(27)23-16-9-11-18(12-10-16)30-22-19-7-2-3-8-20(19)24-21(25-22)15-5-4-6-17(13-15)26(28)29/h2-13H,1H3,(H,23,27). The quantitative estimate of drug-likeness (QED) is 0.375. The predicted molar refractivity (Wildman–Crippen MR) is 112 cm³/mol. The molecule has 0 saturated carbocycles. The van der Waals surface area contributed by atoms with Crippen molar-refractivity contribution in [2.24, 2.45) is 0 Å². The zero-order valence-corrected chi connectivity index (χ0v) is 15.9. The van der Waals surface area contributed by atoms with Gasteiger partial charge in [-0.25, -0.2) is 4.98 Å². The molecule has 0 atom stereocenters. The normalized spacial score (nSPS) is 10.6. The van der Waals surface area contributed by atoms with Gasteiger partial charge in [0, 0.05) is 30.3 Å². The fourth-order valence-corrected chi connectivity index (χ4v) is 2.93. The van der Waals surface area contributed by atoms with Gasteiger partial charge in [-0.05, 0) is 36.4 Å². The second-order valence-corrected chi connectivity index (χ2v) is 6.48. The molecule has 4 rings (SSSR count). The van der Waals surface area contributed by atoms with Gasteiger partial charge < -0.3 is 10.1 Å². The molecule has 148 valence electrons. The first-order chi connectivity index (χ1) is 14.5. The number of ether oxygens (including phenoxy) is 1. The lowest BCUT2D eigenvalue weighted by molar-refractivity contribution is -0.384. The molecule has 0 unspecified atom stereocenters. The highest BCUT2D eigenvalue weighted by Crippen LogP contribution is 2.31. The maximum absolute atomic E-state index is 11.2. The number of nitrogens with one attached hydrogen (secondary N) is 1. The molecule has 0 bridgehead atoms. The van der Waals surface area contributed by atoms with Crippen LogP contribution in [-0.4, -0.2) is 20.8 Å². The fraction of sp³-hybridized carbons (Fsp3) is 0.0455. The summed E-state index contributed by atoms with van der Waals surface area (Å²) in [7, 11) is 0. The minimum absolute atomic E-state index is 0.0414. The molecule has 0 aliphatic rings. The van der Waals surface area contributed by atoms with Gasteiger partial charge in [-0.15, -0.1) is 0 Å². The van der Waals surface area contributed by atoms with Crippen LogP contribution in [0.5, 0.6) is 11.6 Å². The Morgan fingerprint density at radius 3 is 2.50 bits per heavy atom. The van der Waals surface area contributed by atoms with Crippen LogP contribution in [0, 0.1) is 10.1 Å². The van der Waals surface area contributed by atoms with Gasteiger partial charge in [-0.1, -0.05) is 24.3 Å². The summed E-state index contributed by atoms with van der Waals surface area (Å²) in [5, 5.41) is 14.5. The number of benzene rings is 3. The summed E-state index contributed by atoms with van der Waals surface area (Å²) in [6.45, 7) is 1.44.